The lowest BCUT2D eigenvalue weighted by molar-refractivity contribution is -0.131. The third-order valence-corrected chi connectivity index (χ3v) is 5.32. The van der Waals surface area contributed by atoms with E-state index in [0.717, 1.165) is 16.8 Å². The van der Waals surface area contributed by atoms with Crippen LogP contribution in [0.3, 0.4) is 0 Å². The van der Waals surface area contributed by atoms with Crippen LogP contribution >= 0.6 is 11.8 Å². The predicted molar refractivity (Wildman–Crippen MR) is 111 cm³/mol. The number of rotatable bonds is 9. The van der Waals surface area contributed by atoms with E-state index < -0.39 is 5.91 Å². The second kappa shape index (κ2) is 10.1. The van der Waals surface area contributed by atoms with Gasteiger partial charge >= 0.3 is 0 Å². The van der Waals surface area contributed by atoms with E-state index in [9.17, 15) is 14.4 Å². The van der Waals surface area contributed by atoms with E-state index in [1.54, 1.807) is 18.7 Å². The van der Waals surface area contributed by atoms with E-state index in [1.807, 2.05) is 32.0 Å². The molecule has 0 aliphatic heterocycles. The molecule has 1 heterocycles. The smallest absolute Gasteiger partial charge is 0.243 e. The molecular formula is C19H26N6O3S. The first-order valence-electron chi connectivity index (χ1n) is 9.07. The van der Waals surface area contributed by atoms with Crippen LogP contribution in [-0.4, -0.2) is 56.7 Å². The molecule has 0 bridgehead atoms. The summed E-state index contributed by atoms with van der Waals surface area (Å²) < 4.78 is 1.73. The average Bonchev–Trinajstić information content (AvgIpc) is 3.00. The van der Waals surface area contributed by atoms with Crippen LogP contribution in [0.5, 0.6) is 0 Å². The Hall–Kier alpha value is -2.88. The summed E-state index contributed by atoms with van der Waals surface area (Å²) in [7, 11) is 3.35. The minimum absolute atomic E-state index is 0.0462. The number of nitrogens with zero attached hydrogens (tertiary/aromatic N) is 4. The zero-order valence-electron chi connectivity index (χ0n) is 17.1. The van der Waals surface area contributed by atoms with Crippen molar-refractivity contribution in [1.29, 1.82) is 0 Å². The van der Waals surface area contributed by atoms with Gasteiger partial charge in [-0.25, -0.2) is 0 Å². The Morgan fingerprint density at radius 3 is 2.66 bits per heavy atom. The van der Waals surface area contributed by atoms with Crippen molar-refractivity contribution in [1.82, 2.24) is 19.7 Å². The molecule has 3 amide bonds. The van der Waals surface area contributed by atoms with Crippen molar-refractivity contribution in [3.05, 3.63) is 35.2 Å². The van der Waals surface area contributed by atoms with E-state index >= 15 is 0 Å². The van der Waals surface area contributed by atoms with Gasteiger partial charge in [-0.05, 0) is 31.0 Å². The number of carbonyl (C=O) groups is 3. The molecule has 156 valence electrons. The Morgan fingerprint density at radius 2 is 1.97 bits per heavy atom. The highest BCUT2D eigenvalue weighted by molar-refractivity contribution is 7.99. The van der Waals surface area contributed by atoms with Crippen LogP contribution in [0.2, 0.25) is 0 Å². The quantitative estimate of drug-likeness (QED) is 0.587. The Bertz CT molecular complexity index is 911. The van der Waals surface area contributed by atoms with Crippen molar-refractivity contribution in [3.63, 3.8) is 0 Å². The van der Waals surface area contributed by atoms with E-state index in [0.29, 0.717) is 17.4 Å². The van der Waals surface area contributed by atoms with Crippen LogP contribution in [0, 0.1) is 13.8 Å². The van der Waals surface area contributed by atoms with Gasteiger partial charge in [-0.3, -0.25) is 14.4 Å². The van der Waals surface area contributed by atoms with E-state index in [1.165, 1.54) is 16.7 Å². The van der Waals surface area contributed by atoms with Gasteiger partial charge < -0.3 is 20.5 Å². The van der Waals surface area contributed by atoms with Crippen molar-refractivity contribution in [2.24, 2.45) is 12.8 Å². The van der Waals surface area contributed by atoms with Gasteiger partial charge in [-0.15, -0.1) is 10.2 Å². The molecule has 0 aliphatic carbocycles. The number of aromatic nitrogens is 3. The first-order valence-corrected chi connectivity index (χ1v) is 10.1. The molecule has 10 heteroatoms. The number of likely N-dealkylation sites (N-methyl/N-ethyl adjacent to an activating group) is 1. The molecule has 0 fully saturated rings. The monoisotopic (exact) mass is 418 g/mol. The number of nitrogens with two attached hydrogens (primary N) is 1. The zero-order chi connectivity index (χ0) is 21.6. The minimum atomic E-state index is -0.405. The van der Waals surface area contributed by atoms with Crippen LogP contribution in [0.4, 0.5) is 5.69 Å². The van der Waals surface area contributed by atoms with Gasteiger partial charge in [-0.2, -0.15) is 0 Å². The second-order valence-corrected chi connectivity index (χ2v) is 7.77. The first-order chi connectivity index (χ1) is 13.7. The number of benzene rings is 1. The van der Waals surface area contributed by atoms with Crippen LogP contribution in [0.1, 0.15) is 23.4 Å². The van der Waals surface area contributed by atoms with Crippen LogP contribution in [0.25, 0.3) is 0 Å². The predicted octanol–water partition coefficient (Wildman–Crippen LogP) is 1.04. The number of anilines is 1. The Balaban J connectivity index is 1.85. The van der Waals surface area contributed by atoms with E-state index in [4.69, 9.17) is 5.73 Å². The number of carbonyl (C=O) groups excluding carboxylic acids is 3. The van der Waals surface area contributed by atoms with Gasteiger partial charge in [0.1, 0.15) is 5.82 Å². The fourth-order valence-electron chi connectivity index (χ4n) is 2.52. The second-order valence-electron chi connectivity index (χ2n) is 6.83. The van der Waals surface area contributed by atoms with Crippen molar-refractivity contribution >= 4 is 35.2 Å². The van der Waals surface area contributed by atoms with Gasteiger partial charge in [0.05, 0.1) is 12.3 Å². The minimum Gasteiger partial charge on any atom is -0.370 e. The normalized spacial score (nSPS) is 10.6. The summed E-state index contributed by atoms with van der Waals surface area (Å²) in [5, 5.41) is 11.5. The number of aryl methyl sites for hydroxylation is 3. The maximum absolute atomic E-state index is 12.4. The fourth-order valence-corrected chi connectivity index (χ4v) is 3.39. The van der Waals surface area contributed by atoms with Gasteiger partial charge in [0.15, 0.2) is 5.16 Å². The van der Waals surface area contributed by atoms with Crippen LogP contribution in [-0.2, 0) is 27.9 Å². The lowest BCUT2D eigenvalue weighted by atomic mass is 10.1. The Kier molecular flexibility index (Phi) is 7.77. The zero-order valence-corrected chi connectivity index (χ0v) is 17.9. The lowest BCUT2D eigenvalue weighted by Crippen LogP contribution is -2.36. The molecule has 0 saturated heterocycles. The molecule has 0 radical (unpaired) electrons. The van der Waals surface area contributed by atoms with Crippen molar-refractivity contribution in [2.45, 2.75) is 31.8 Å². The summed E-state index contributed by atoms with van der Waals surface area (Å²) in [4.78, 5) is 36.9. The Labute approximate surface area is 174 Å². The Morgan fingerprint density at radius 1 is 1.24 bits per heavy atom. The number of thioether (sulfide) groups is 1. The van der Waals surface area contributed by atoms with Gasteiger partial charge in [0.2, 0.25) is 17.7 Å². The number of hydrogen-bond donors (Lipinski definition) is 2. The van der Waals surface area contributed by atoms with Gasteiger partial charge in [-0.1, -0.05) is 23.9 Å². The molecule has 3 N–H and O–H groups in total. The number of nitrogens with one attached hydrogen (secondary N) is 1. The molecule has 1 aromatic heterocycles. The molecule has 0 saturated carbocycles. The summed E-state index contributed by atoms with van der Waals surface area (Å²) in [6.07, 6.45) is 0.583. The maximum atomic E-state index is 12.4. The molecule has 0 atom stereocenters. The summed E-state index contributed by atoms with van der Waals surface area (Å²) >= 11 is 1.22. The van der Waals surface area contributed by atoms with E-state index in [-0.39, 0.29) is 30.5 Å². The van der Waals surface area contributed by atoms with Gasteiger partial charge in [0, 0.05) is 32.6 Å². The maximum Gasteiger partial charge on any atom is 0.243 e. The molecule has 0 aliphatic rings. The lowest BCUT2D eigenvalue weighted by Gasteiger charge is -2.17. The summed E-state index contributed by atoms with van der Waals surface area (Å²) in [6.45, 7) is 3.82. The molecule has 9 nitrogen and oxygen atoms in total. The fraction of sp³-hybridized carbons (Fsp3) is 0.421. The van der Waals surface area contributed by atoms with Gasteiger partial charge in [0.25, 0.3) is 0 Å². The topological polar surface area (TPSA) is 123 Å². The summed E-state index contributed by atoms with van der Waals surface area (Å²) in [5.74, 6) is -0.118. The molecule has 0 unspecified atom stereocenters. The SMILES string of the molecule is Cc1ccc(C)c(NC(=O)CN(C)C(=O)CSc2nnc(CCC(N)=O)n2C)c1. The third kappa shape index (κ3) is 6.60. The largest absolute Gasteiger partial charge is 0.370 e. The summed E-state index contributed by atoms with van der Waals surface area (Å²) in [6, 6.07) is 5.81. The number of primary amides is 1. The summed E-state index contributed by atoms with van der Waals surface area (Å²) in [5.41, 5.74) is 7.90. The standard InChI is InChI=1S/C19H26N6O3S/c1-12-5-6-13(2)14(9-12)21-17(27)10-24(3)18(28)11-29-19-23-22-16(25(19)4)8-7-15(20)26/h5-6,9H,7-8,10-11H2,1-4H3,(H2,20,26)(H,21,27). The number of hydrogen-bond acceptors (Lipinski definition) is 6. The number of amides is 3. The van der Waals surface area contributed by atoms with Crippen LogP contribution < -0.4 is 11.1 Å². The van der Waals surface area contributed by atoms with Crippen molar-refractivity contribution in [3.8, 4) is 0 Å². The van der Waals surface area contributed by atoms with Crippen LogP contribution in [0.15, 0.2) is 23.4 Å². The van der Waals surface area contributed by atoms with Crippen molar-refractivity contribution in [2.75, 3.05) is 24.7 Å². The first kappa shape index (κ1) is 22.4. The molecule has 2 aromatic rings. The van der Waals surface area contributed by atoms with E-state index in [2.05, 4.69) is 15.5 Å². The molecule has 0 spiro atoms. The third-order valence-electron chi connectivity index (χ3n) is 4.32. The molecule has 1 aromatic carbocycles. The highest BCUT2D eigenvalue weighted by Crippen LogP contribution is 2.18. The molecule has 2 rings (SSSR count). The molecule has 29 heavy (non-hydrogen) atoms. The highest BCUT2D eigenvalue weighted by atomic mass is 32.2. The molecular weight excluding hydrogens is 392 g/mol. The highest BCUT2D eigenvalue weighted by Gasteiger charge is 2.17. The van der Waals surface area contributed by atoms with Crippen molar-refractivity contribution < 1.29 is 14.4 Å². The average molecular weight is 419 g/mol.